The molecule has 3 nitrogen and oxygen atoms in total. The second kappa shape index (κ2) is 10.6. The summed E-state index contributed by atoms with van der Waals surface area (Å²) in [6, 6.07) is 0. The van der Waals surface area contributed by atoms with Gasteiger partial charge >= 0.3 is 0 Å². The van der Waals surface area contributed by atoms with Gasteiger partial charge in [-0.05, 0) is 32.7 Å². The minimum atomic E-state index is 0.223. The molecule has 0 rings (SSSR count). The smallest absolute Gasteiger partial charge is 0.236 e. The minimum Gasteiger partial charge on any atom is -0.342 e. The molecule has 0 heterocycles. The third-order valence-electron chi connectivity index (χ3n) is 3.37. The molecule has 1 unspecified atom stereocenters. The predicted octanol–water partition coefficient (Wildman–Crippen LogP) is 2.66. The molecule has 1 amide bonds. The molecule has 1 N–H and O–H groups in total. The quantitative estimate of drug-likeness (QED) is 0.639. The van der Waals surface area contributed by atoms with E-state index in [9.17, 15) is 4.79 Å². The van der Waals surface area contributed by atoms with Crippen molar-refractivity contribution in [2.75, 3.05) is 26.2 Å². The molecule has 17 heavy (non-hydrogen) atoms. The lowest BCUT2D eigenvalue weighted by molar-refractivity contribution is -0.129. The van der Waals surface area contributed by atoms with Crippen LogP contribution >= 0.6 is 0 Å². The molecule has 0 saturated carbocycles. The zero-order valence-corrected chi connectivity index (χ0v) is 12.1. The van der Waals surface area contributed by atoms with Gasteiger partial charge in [-0.1, -0.05) is 33.1 Å². The van der Waals surface area contributed by atoms with Crippen molar-refractivity contribution >= 4 is 5.91 Å². The maximum absolute atomic E-state index is 11.8. The molecule has 0 saturated heterocycles. The highest BCUT2D eigenvalue weighted by Crippen LogP contribution is 2.10. The average Bonchev–Trinajstić information content (AvgIpc) is 2.35. The van der Waals surface area contributed by atoms with E-state index < -0.39 is 0 Å². The first kappa shape index (κ1) is 16.4. The number of rotatable bonds is 10. The maximum atomic E-state index is 11.8. The summed E-state index contributed by atoms with van der Waals surface area (Å²) in [5.74, 6) is 0.944. The number of likely N-dealkylation sites (N-methyl/N-ethyl adjacent to an activating group) is 1. The Morgan fingerprint density at radius 1 is 1.18 bits per heavy atom. The van der Waals surface area contributed by atoms with Crippen LogP contribution in [0.15, 0.2) is 0 Å². The topological polar surface area (TPSA) is 32.3 Å². The fourth-order valence-electron chi connectivity index (χ4n) is 2.01. The second-order valence-electron chi connectivity index (χ2n) is 4.61. The van der Waals surface area contributed by atoms with E-state index in [1.54, 1.807) is 0 Å². The first-order valence-corrected chi connectivity index (χ1v) is 7.17. The van der Waals surface area contributed by atoms with Gasteiger partial charge in [-0.25, -0.2) is 0 Å². The monoisotopic (exact) mass is 242 g/mol. The standard InChI is InChI=1S/C14H30N2O/c1-5-9-10-13(6-2)11-15-12-14(17)16(7-3)8-4/h13,15H,5-12H2,1-4H3. The largest absolute Gasteiger partial charge is 0.342 e. The van der Waals surface area contributed by atoms with Gasteiger partial charge < -0.3 is 10.2 Å². The molecular formula is C14H30N2O. The summed E-state index contributed by atoms with van der Waals surface area (Å²) in [5.41, 5.74) is 0. The zero-order chi connectivity index (χ0) is 13.1. The molecular weight excluding hydrogens is 212 g/mol. The van der Waals surface area contributed by atoms with Crippen LogP contribution < -0.4 is 5.32 Å². The summed E-state index contributed by atoms with van der Waals surface area (Å²) in [5, 5.41) is 3.30. The molecule has 0 aliphatic carbocycles. The Morgan fingerprint density at radius 3 is 2.29 bits per heavy atom. The van der Waals surface area contributed by atoms with E-state index in [0.717, 1.165) is 25.6 Å². The van der Waals surface area contributed by atoms with E-state index in [1.165, 1.54) is 25.7 Å². The summed E-state index contributed by atoms with van der Waals surface area (Å²) in [6.45, 7) is 11.6. The van der Waals surface area contributed by atoms with Crippen molar-refractivity contribution in [1.82, 2.24) is 10.2 Å². The Labute approximate surface area is 107 Å². The van der Waals surface area contributed by atoms with Crippen LogP contribution in [0.4, 0.5) is 0 Å². The van der Waals surface area contributed by atoms with Crippen molar-refractivity contribution in [3.63, 3.8) is 0 Å². The molecule has 0 aromatic rings. The van der Waals surface area contributed by atoms with Crippen molar-refractivity contribution in [2.24, 2.45) is 5.92 Å². The molecule has 0 radical (unpaired) electrons. The van der Waals surface area contributed by atoms with E-state index in [0.29, 0.717) is 6.54 Å². The van der Waals surface area contributed by atoms with Gasteiger partial charge in [0.2, 0.25) is 5.91 Å². The lowest BCUT2D eigenvalue weighted by Crippen LogP contribution is -2.39. The SMILES string of the molecule is CCCCC(CC)CNCC(=O)N(CC)CC. The van der Waals surface area contributed by atoms with E-state index in [-0.39, 0.29) is 5.91 Å². The van der Waals surface area contributed by atoms with Crippen LogP contribution in [-0.4, -0.2) is 37.0 Å². The molecule has 0 spiro atoms. The van der Waals surface area contributed by atoms with Crippen LogP contribution in [0.3, 0.4) is 0 Å². The van der Waals surface area contributed by atoms with E-state index in [4.69, 9.17) is 0 Å². The van der Waals surface area contributed by atoms with Crippen LogP contribution in [-0.2, 0) is 4.79 Å². The summed E-state index contributed by atoms with van der Waals surface area (Å²) < 4.78 is 0. The molecule has 3 heteroatoms. The van der Waals surface area contributed by atoms with Crippen LogP contribution in [0.2, 0.25) is 0 Å². The van der Waals surface area contributed by atoms with E-state index in [1.807, 2.05) is 18.7 Å². The Balaban J connectivity index is 3.76. The molecule has 0 aromatic heterocycles. The maximum Gasteiger partial charge on any atom is 0.236 e. The normalized spacial score (nSPS) is 12.5. The number of hydrogen-bond acceptors (Lipinski definition) is 2. The van der Waals surface area contributed by atoms with Gasteiger partial charge in [-0.3, -0.25) is 4.79 Å². The third kappa shape index (κ3) is 7.37. The van der Waals surface area contributed by atoms with Crippen molar-refractivity contribution in [3.8, 4) is 0 Å². The number of carbonyl (C=O) groups is 1. The number of nitrogens with zero attached hydrogens (tertiary/aromatic N) is 1. The minimum absolute atomic E-state index is 0.223. The van der Waals surface area contributed by atoms with Crippen LogP contribution in [0, 0.1) is 5.92 Å². The summed E-state index contributed by atoms with van der Waals surface area (Å²) in [7, 11) is 0. The highest BCUT2D eigenvalue weighted by Gasteiger charge is 2.10. The molecule has 0 aliphatic heterocycles. The Hall–Kier alpha value is -0.570. The highest BCUT2D eigenvalue weighted by atomic mass is 16.2. The molecule has 0 aromatic carbocycles. The van der Waals surface area contributed by atoms with Gasteiger partial charge in [0.25, 0.3) is 0 Å². The highest BCUT2D eigenvalue weighted by molar-refractivity contribution is 5.78. The van der Waals surface area contributed by atoms with Crippen LogP contribution in [0.1, 0.15) is 53.4 Å². The van der Waals surface area contributed by atoms with Crippen molar-refractivity contribution in [2.45, 2.75) is 53.4 Å². The number of amides is 1. The Kier molecular flexibility index (Phi) is 10.2. The van der Waals surface area contributed by atoms with Gasteiger partial charge in [0.05, 0.1) is 6.54 Å². The lowest BCUT2D eigenvalue weighted by Gasteiger charge is -2.20. The van der Waals surface area contributed by atoms with Crippen molar-refractivity contribution in [1.29, 1.82) is 0 Å². The summed E-state index contributed by atoms with van der Waals surface area (Å²) >= 11 is 0. The first-order chi connectivity index (χ1) is 8.19. The van der Waals surface area contributed by atoms with E-state index >= 15 is 0 Å². The zero-order valence-electron chi connectivity index (χ0n) is 12.1. The molecule has 0 fully saturated rings. The fraction of sp³-hybridized carbons (Fsp3) is 0.929. The van der Waals surface area contributed by atoms with Gasteiger partial charge in [-0.2, -0.15) is 0 Å². The predicted molar refractivity (Wildman–Crippen MR) is 74.1 cm³/mol. The molecule has 102 valence electrons. The van der Waals surface area contributed by atoms with Crippen LogP contribution in [0.5, 0.6) is 0 Å². The third-order valence-corrected chi connectivity index (χ3v) is 3.37. The molecule has 0 aliphatic rings. The summed E-state index contributed by atoms with van der Waals surface area (Å²) in [4.78, 5) is 13.6. The molecule has 1 atom stereocenters. The van der Waals surface area contributed by atoms with Gasteiger partial charge in [0.15, 0.2) is 0 Å². The molecule has 0 bridgehead atoms. The van der Waals surface area contributed by atoms with Gasteiger partial charge in [0, 0.05) is 13.1 Å². The lowest BCUT2D eigenvalue weighted by atomic mass is 9.99. The number of carbonyl (C=O) groups excluding carboxylic acids is 1. The number of nitrogens with one attached hydrogen (secondary N) is 1. The summed E-state index contributed by atoms with van der Waals surface area (Å²) in [6.07, 6.45) is 5.03. The Morgan fingerprint density at radius 2 is 1.82 bits per heavy atom. The van der Waals surface area contributed by atoms with Crippen molar-refractivity contribution in [3.05, 3.63) is 0 Å². The second-order valence-corrected chi connectivity index (χ2v) is 4.61. The Bertz CT molecular complexity index is 191. The van der Waals surface area contributed by atoms with Crippen LogP contribution in [0.25, 0.3) is 0 Å². The van der Waals surface area contributed by atoms with Crippen molar-refractivity contribution < 1.29 is 4.79 Å². The van der Waals surface area contributed by atoms with Gasteiger partial charge in [-0.15, -0.1) is 0 Å². The fourth-order valence-corrected chi connectivity index (χ4v) is 2.01. The van der Waals surface area contributed by atoms with E-state index in [2.05, 4.69) is 19.2 Å². The number of hydrogen-bond donors (Lipinski definition) is 1. The number of unbranched alkanes of at least 4 members (excludes halogenated alkanes) is 1. The van der Waals surface area contributed by atoms with Gasteiger partial charge in [0.1, 0.15) is 0 Å². The first-order valence-electron chi connectivity index (χ1n) is 7.17. The average molecular weight is 242 g/mol.